The van der Waals surface area contributed by atoms with Crippen LogP contribution in [0.15, 0.2) is 70.4 Å². The van der Waals surface area contributed by atoms with E-state index in [2.05, 4.69) is 4.72 Å². The molecule has 0 amide bonds. The van der Waals surface area contributed by atoms with Crippen LogP contribution in [0.3, 0.4) is 0 Å². The van der Waals surface area contributed by atoms with Crippen molar-refractivity contribution in [2.75, 3.05) is 6.79 Å². The van der Waals surface area contributed by atoms with Crippen molar-refractivity contribution < 1.29 is 17.9 Å². The van der Waals surface area contributed by atoms with Gasteiger partial charge in [0.05, 0.1) is 21.7 Å². The molecule has 0 saturated heterocycles. The van der Waals surface area contributed by atoms with E-state index in [9.17, 15) is 13.2 Å². The zero-order chi connectivity index (χ0) is 22.3. The molecule has 0 saturated carbocycles. The minimum atomic E-state index is -3.77. The van der Waals surface area contributed by atoms with Gasteiger partial charge in [-0.3, -0.25) is 9.36 Å². The summed E-state index contributed by atoms with van der Waals surface area (Å²) in [5, 5.41) is 0.624. The summed E-state index contributed by atoms with van der Waals surface area (Å²) in [5.41, 5.74) is 2.36. The second-order valence-electron chi connectivity index (χ2n) is 7.22. The minimum Gasteiger partial charge on any atom is -0.454 e. The van der Waals surface area contributed by atoms with Crippen LogP contribution in [0.5, 0.6) is 11.5 Å². The molecule has 1 aromatic heterocycles. The van der Waals surface area contributed by atoms with Crippen LogP contribution < -0.4 is 19.1 Å². The van der Waals surface area contributed by atoms with Gasteiger partial charge in [-0.15, -0.1) is 0 Å². The Labute approximate surface area is 192 Å². The van der Waals surface area contributed by atoms with Gasteiger partial charge in [0.2, 0.25) is 16.8 Å². The van der Waals surface area contributed by atoms with Crippen LogP contribution in [0.1, 0.15) is 11.1 Å². The van der Waals surface area contributed by atoms with Crippen molar-refractivity contribution in [2.45, 2.75) is 18.0 Å². The highest BCUT2D eigenvalue weighted by Gasteiger charge is 2.18. The molecule has 1 N–H and O–H groups in total. The molecule has 0 fully saturated rings. The van der Waals surface area contributed by atoms with E-state index < -0.39 is 10.0 Å². The highest BCUT2D eigenvalue weighted by molar-refractivity contribution is 7.89. The number of nitrogens with zero attached hydrogens (tertiary/aromatic N) is 1. The predicted molar refractivity (Wildman–Crippen MR) is 123 cm³/mol. The molecular formula is C22H17ClN2O5S2. The summed E-state index contributed by atoms with van der Waals surface area (Å²) in [6.07, 6.45) is 0. The number of sulfonamides is 1. The number of aromatic nitrogens is 1. The quantitative estimate of drug-likeness (QED) is 0.443. The number of hydrogen-bond donors (Lipinski definition) is 1. The Morgan fingerprint density at radius 1 is 0.969 bits per heavy atom. The Bertz CT molecular complexity index is 1480. The summed E-state index contributed by atoms with van der Waals surface area (Å²) < 4.78 is 41.1. The van der Waals surface area contributed by atoms with Gasteiger partial charge >= 0.3 is 4.87 Å². The lowest BCUT2D eigenvalue weighted by Crippen LogP contribution is -2.23. The van der Waals surface area contributed by atoms with Gasteiger partial charge in [0.1, 0.15) is 0 Å². The molecule has 1 aliphatic rings. The maximum absolute atomic E-state index is 12.8. The first-order valence-electron chi connectivity index (χ1n) is 9.65. The predicted octanol–water partition coefficient (Wildman–Crippen LogP) is 3.97. The van der Waals surface area contributed by atoms with Gasteiger partial charge in [-0.25, -0.2) is 13.1 Å². The maximum atomic E-state index is 12.8. The van der Waals surface area contributed by atoms with Crippen molar-refractivity contribution >= 4 is 43.2 Å². The summed E-state index contributed by atoms with van der Waals surface area (Å²) >= 11 is 6.95. The van der Waals surface area contributed by atoms with E-state index >= 15 is 0 Å². The second-order valence-corrected chi connectivity index (χ2v) is 10.4. The van der Waals surface area contributed by atoms with Gasteiger partial charge in [0.15, 0.2) is 11.5 Å². The molecule has 0 unspecified atom stereocenters. The second kappa shape index (κ2) is 8.25. The van der Waals surface area contributed by atoms with E-state index in [1.165, 1.54) is 12.1 Å². The Hall–Kier alpha value is -2.85. The van der Waals surface area contributed by atoms with E-state index in [0.29, 0.717) is 33.3 Å². The lowest BCUT2D eigenvalue weighted by molar-refractivity contribution is 0.174. The number of thiazole rings is 1. The van der Waals surface area contributed by atoms with Crippen LogP contribution in [0.25, 0.3) is 10.2 Å². The van der Waals surface area contributed by atoms with E-state index in [1.54, 1.807) is 41.0 Å². The van der Waals surface area contributed by atoms with Crippen LogP contribution in [0.2, 0.25) is 5.02 Å². The van der Waals surface area contributed by atoms with Gasteiger partial charge in [0, 0.05) is 11.6 Å². The molecule has 0 radical (unpaired) electrons. The monoisotopic (exact) mass is 488 g/mol. The third kappa shape index (κ3) is 4.12. The number of nitrogens with one attached hydrogen (secondary N) is 1. The molecule has 3 aromatic carbocycles. The molecule has 7 nitrogen and oxygen atoms in total. The van der Waals surface area contributed by atoms with E-state index in [1.807, 2.05) is 12.1 Å². The lowest BCUT2D eigenvalue weighted by atomic mass is 10.2. The largest absolute Gasteiger partial charge is 0.454 e. The molecule has 0 spiro atoms. The SMILES string of the molecule is O=c1sc2cc(S(=O)(=O)NCc3ccc4c(c3)OCO4)ccc2n1Cc1ccc(Cl)cc1. The van der Waals surface area contributed by atoms with Crippen molar-refractivity contribution in [1.29, 1.82) is 0 Å². The summed E-state index contributed by atoms with van der Waals surface area (Å²) in [6.45, 7) is 0.639. The van der Waals surface area contributed by atoms with Crippen LogP contribution >= 0.6 is 22.9 Å². The molecule has 0 atom stereocenters. The van der Waals surface area contributed by atoms with Gasteiger partial charge in [0.25, 0.3) is 0 Å². The van der Waals surface area contributed by atoms with Crippen molar-refractivity contribution in [1.82, 2.24) is 9.29 Å². The Morgan fingerprint density at radius 2 is 1.72 bits per heavy atom. The Morgan fingerprint density at radius 3 is 2.53 bits per heavy atom. The summed E-state index contributed by atoms with van der Waals surface area (Å²) in [6, 6.07) is 17.2. The number of rotatable bonds is 6. The summed E-state index contributed by atoms with van der Waals surface area (Å²) in [4.78, 5) is 12.5. The average Bonchev–Trinajstić information content (AvgIpc) is 3.37. The molecule has 164 valence electrons. The van der Waals surface area contributed by atoms with E-state index in [4.69, 9.17) is 21.1 Å². The molecule has 0 bridgehead atoms. The van der Waals surface area contributed by atoms with Gasteiger partial charge in [-0.2, -0.15) is 0 Å². The number of hydrogen-bond acceptors (Lipinski definition) is 6. The van der Waals surface area contributed by atoms with Crippen LogP contribution in [0.4, 0.5) is 0 Å². The highest BCUT2D eigenvalue weighted by Crippen LogP contribution is 2.32. The van der Waals surface area contributed by atoms with E-state index in [0.717, 1.165) is 22.5 Å². The first kappa shape index (κ1) is 21.0. The molecule has 32 heavy (non-hydrogen) atoms. The molecule has 1 aliphatic heterocycles. The number of fused-ring (bicyclic) bond motifs is 2. The standard InChI is InChI=1S/C22H17ClN2O5S2/c23-16-4-1-14(2-5-16)12-25-18-7-6-17(10-21(18)31-22(25)26)32(27,28)24-11-15-3-8-19-20(9-15)30-13-29-19/h1-10,24H,11-13H2. The fourth-order valence-corrected chi connectivity index (χ4v) is 5.62. The number of halogens is 1. The lowest BCUT2D eigenvalue weighted by Gasteiger charge is -2.08. The summed E-state index contributed by atoms with van der Waals surface area (Å²) in [7, 11) is -3.77. The van der Waals surface area contributed by atoms with Gasteiger partial charge in [-0.05, 0) is 53.6 Å². The summed E-state index contributed by atoms with van der Waals surface area (Å²) in [5.74, 6) is 1.23. The maximum Gasteiger partial charge on any atom is 0.308 e. The van der Waals surface area contributed by atoms with Crippen molar-refractivity contribution in [2.24, 2.45) is 0 Å². The van der Waals surface area contributed by atoms with Crippen molar-refractivity contribution in [3.63, 3.8) is 0 Å². The third-order valence-electron chi connectivity index (χ3n) is 5.11. The topological polar surface area (TPSA) is 86.6 Å². The Kier molecular flexibility index (Phi) is 5.42. The fraction of sp³-hybridized carbons (Fsp3) is 0.136. The minimum absolute atomic E-state index is 0.102. The zero-order valence-corrected chi connectivity index (χ0v) is 19.0. The smallest absolute Gasteiger partial charge is 0.308 e. The normalized spacial score (nSPS) is 13.0. The number of ether oxygens (including phenoxy) is 2. The Balaban J connectivity index is 1.38. The van der Waals surface area contributed by atoms with Crippen LogP contribution in [-0.2, 0) is 23.1 Å². The fourth-order valence-electron chi connectivity index (χ4n) is 3.45. The average molecular weight is 489 g/mol. The third-order valence-corrected chi connectivity index (χ3v) is 7.70. The highest BCUT2D eigenvalue weighted by atomic mass is 35.5. The van der Waals surface area contributed by atoms with Crippen molar-refractivity contribution in [3.8, 4) is 11.5 Å². The van der Waals surface area contributed by atoms with Crippen LogP contribution in [0, 0.1) is 0 Å². The molecule has 4 aromatic rings. The van der Waals surface area contributed by atoms with Gasteiger partial charge < -0.3 is 9.47 Å². The molecule has 0 aliphatic carbocycles. The first-order valence-corrected chi connectivity index (χ1v) is 12.3. The van der Waals surface area contributed by atoms with Crippen molar-refractivity contribution in [3.05, 3.63) is 86.5 Å². The zero-order valence-electron chi connectivity index (χ0n) is 16.6. The van der Waals surface area contributed by atoms with Gasteiger partial charge in [-0.1, -0.05) is 41.1 Å². The first-order chi connectivity index (χ1) is 15.4. The molecule has 5 rings (SSSR count). The molecular weight excluding hydrogens is 472 g/mol. The number of benzene rings is 3. The molecule has 10 heteroatoms. The molecule has 2 heterocycles. The van der Waals surface area contributed by atoms with Crippen LogP contribution in [-0.4, -0.2) is 19.8 Å². The van der Waals surface area contributed by atoms with E-state index in [-0.39, 0.29) is 23.1 Å².